The Labute approximate surface area is 157 Å². The second-order valence-corrected chi connectivity index (χ2v) is 8.34. The fraction of sp³-hybridized carbons (Fsp3) is 0.316. The van der Waals surface area contributed by atoms with E-state index in [-0.39, 0.29) is 16.5 Å². The Balaban J connectivity index is 1.52. The van der Waals surface area contributed by atoms with E-state index in [0.29, 0.717) is 19.4 Å². The van der Waals surface area contributed by atoms with E-state index < -0.39 is 21.8 Å². The van der Waals surface area contributed by atoms with Crippen LogP contribution in [0.4, 0.5) is 4.39 Å². The maximum atomic E-state index is 13.0. The molecule has 1 aliphatic rings. The number of benzene rings is 2. The molecule has 144 valence electrons. The van der Waals surface area contributed by atoms with E-state index in [0.717, 1.165) is 30.8 Å². The summed E-state index contributed by atoms with van der Waals surface area (Å²) in [6.07, 6.45) is 1.35. The van der Waals surface area contributed by atoms with Crippen LogP contribution in [-0.2, 0) is 16.6 Å². The molecular formula is C19H21FN2O4S. The lowest BCUT2D eigenvalue weighted by atomic mass is 10.0. The van der Waals surface area contributed by atoms with Gasteiger partial charge < -0.3 is 5.11 Å². The number of hydrogen-bond donors (Lipinski definition) is 2. The Kier molecular flexibility index (Phi) is 5.88. The van der Waals surface area contributed by atoms with Crippen LogP contribution in [0.2, 0.25) is 0 Å². The molecule has 3 rings (SSSR count). The lowest BCUT2D eigenvalue weighted by Crippen LogP contribution is -2.44. The van der Waals surface area contributed by atoms with E-state index in [1.54, 1.807) is 24.3 Å². The van der Waals surface area contributed by atoms with E-state index in [1.165, 1.54) is 12.1 Å². The molecule has 0 atom stereocenters. The number of piperidine rings is 1. The van der Waals surface area contributed by atoms with Gasteiger partial charge in [-0.2, -0.15) is 0 Å². The molecule has 8 heteroatoms. The molecule has 0 unspecified atom stereocenters. The number of hydrogen-bond acceptors (Lipinski definition) is 4. The highest BCUT2D eigenvalue weighted by Gasteiger charge is 2.24. The molecule has 1 heterocycles. The Morgan fingerprint density at radius 1 is 1.07 bits per heavy atom. The van der Waals surface area contributed by atoms with Crippen LogP contribution in [0.25, 0.3) is 0 Å². The minimum atomic E-state index is -3.66. The number of sulfonamides is 1. The zero-order valence-corrected chi connectivity index (χ0v) is 15.5. The third-order valence-electron chi connectivity index (χ3n) is 4.64. The zero-order valence-electron chi connectivity index (χ0n) is 14.6. The summed E-state index contributed by atoms with van der Waals surface area (Å²) in [5, 5.41) is 8.93. The first-order valence-corrected chi connectivity index (χ1v) is 10.1. The molecule has 0 aliphatic carbocycles. The Hall–Kier alpha value is -2.29. The van der Waals surface area contributed by atoms with Crippen molar-refractivity contribution in [3.8, 4) is 0 Å². The summed E-state index contributed by atoms with van der Waals surface area (Å²) in [5.74, 6) is -1.42. The van der Waals surface area contributed by atoms with Gasteiger partial charge in [0, 0.05) is 25.7 Å². The number of aromatic carboxylic acids is 1. The highest BCUT2D eigenvalue weighted by molar-refractivity contribution is 7.89. The fourth-order valence-corrected chi connectivity index (χ4v) is 4.43. The first-order chi connectivity index (χ1) is 12.8. The topological polar surface area (TPSA) is 86.7 Å². The molecule has 0 spiro atoms. The maximum absolute atomic E-state index is 13.0. The van der Waals surface area contributed by atoms with Gasteiger partial charge in [-0.05, 0) is 54.8 Å². The van der Waals surface area contributed by atoms with Crippen molar-refractivity contribution >= 4 is 16.0 Å². The molecule has 0 aromatic heterocycles. The molecular weight excluding hydrogens is 371 g/mol. The van der Waals surface area contributed by atoms with Crippen molar-refractivity contribution < 1.29 is 22.7 Å². The number of rotatable bonds is 6. The molecule has 1 aliphatic heterocycles. The van der Waals surface area contributed by atoms with E-state index in [9.17, 15) is 17.6 Å². The average Bonchev–Trinajstić information content (AvgIpc) is 2.64. The van der Waals surface area contributed by atoms with Gasteiger partial charge in [0.15, 0.2) is 0 Å². The van der Waals surface area contributed by atoms with Crippen LogP contribution >= 0.6 is 0 Å². The van der Waals surface area contributed by atoms with Crippen LogP contribution in [0, 0.1) is 5.82 Å². The Morgan fingerprint density at radius 2 is 1.67 bits per heavy atom. The molecule has 2 aromatic rings. The predicted molar refractivity (Wildman–Crippen MR) is 98.4 cm³/mol. The Morgan fingerprint density at radius 3 is 2.22 bits per heavy atom. The van der Waals surface area contributed by atoms with Crippen molar-refractivity contribution in [1.29, 1.82) is 0 Å². The highest BCUT2D eigenvalue weighted by atomic mass is 32.2. The zero-order chi connectivity index (χ0) is 19.4. The molecule has 27 heavy (non-hydrogen) atoms. The smallest absolute Gasteiger partial charge is 0.335 e. The molecule has 0 amide bonds. The van der Waals surface area contributed by atoms with Crippen molar-refractivity contribution in [2.75, 3.05) is 13.1 Å². The van der Waals surface area contributed by atoms with Crippen LogP contribution in [0.3, 0.4) is 0 Å². The van der Waals surface area contributed by atoms with Gasteiger partial charge in [0.05, 0.1) is 10.5 Å². The van der Waals surface area contributed by atoms with Crippen LogP contribution in [0.5, 0.6) is 0 Å². The minimum Gasteiger partial charge on any atom is -0.478 e. The number of carbonyl (C=O) groups is 1. The molecule has 2 N–H and O–H groups in total. The number of nitrogens with zero attached hydrogens (tertiary/aromatic N) is 1. The fourth-order valence-electron chi connectivity index (χ4n) is 3.12. The molecule has 0 bridgehead atoms. The van der Waals surface area contributed by atoms with Gasteiger partial charge >= 0.3 is 5.97 Å². The number of halogens is 1. The van der Waals surface area contributed by atoms with E-state index in [2.05, 4.69) is 9.62 Å². The molecule has 1 saturated heterocycles. The van der Waals surface area contributed by atoms with Crippen molar-refractivity contribution in [1.82, 2.24) is 9.62 Å². The quantitative estimate of drug-likeness (QED) is 0.789. The van der Waals surface area contributed by atoms with Gasteiger partial charge in [-0.25, -0.2) is 22.3 Å². The normalized spacial score (nSPS) is 16.3. The summed E-state index contributed by atoms with van der Waals surface area (Å²) < 4.78 is 40.4. The van der Waals surface area contributed by atoms with Crippen LogP contribution in [-0.4, -0.2) is 43.5 Å². The average molecular weight is 392 g/mol. The predicted octanol–water partition coefficient (Wildman–Crippen LogP) is 2.47. The molecule has 0 saturated carbocycles. The van der Waals surface area contributed by atoms with Gasteiger partial charge in [-0.3, -0.25) is 4.90 Å². The van der Waals surface area contributed by atoms with Crippen LogP contribution in [0.15, 0.2) is 53.4 Å². The number of carboxylic acids is 1. The van der Waals surface area contributed by atoms with Crippen LogP contribution < -0.4 is 4.72 Å². The molecule has 6 nitrogen and oxygen atoms in total. The maximum Gasteiger partial charge on any atom is 0.335 e. The minimum absolute atomic E-state index is 0.0600. The standard InChI is InChI=1S/C19H21FN2O4S/c20-16-5-7-18(8-6-16)27(25,26)21-17-9-11-22(12-10-17)13-14-1-3-15(4-2-14)19(23)24/h1-8,17,21H,9-13H2,(H,23,24). The first-order valence-electron chi connectivity index (χ1n) is 8.66. The summed E-state index contributed by atoms with van der Waals surface area (Å²) >= 11 is 0. The lowest BCUT2D eigenvalue weighted by Gasteiger charge is -2.32. The summed E-state index contributed by atoms with van der Waals surface area (Å²) in [7, 11) is -3.66. The number of likely N-dealkylation sites (tertiary alicyclic amines) is 1. The van der Waals surface area contributed by atoms with E-state index in [1.807, 2.05) is 0 Å². The second-order valence-electron chi connectivity index (χ2n) is 6.63. The monoisotopic (exact) mass is 392 g/mol. The van der Waals surface area contributed by atoms with Gasteiger partial charge in [-0.1, -0.05) is 12.1 Å². The second kappa shape index (κ2) is 8.16. The Bertz CT molecular complexity index is 890. The molecule has 2 aromatic carbocycles. The third-order valence-corrected chi connectivity index (χ3v) is 6.18. The summed E-state index contributed by atoms with van der Waals surface area (Å²) in [5.41, 5.74) is 1.28. The van der Waals surface area contributed by atoms with Gasteiger partial charge in [0.1, 0.15) is 5.82 Å². The first kappa shape index (κ1) is 19.5. The van der Waals surface area contributed by atoms with E-state index in [4.69, 9.17) is 5.11 Å². The highest BCUT2D eigenvalue weighted by Crippen LogP contribution is 2.17. The van der Waals surface area contributed by atoms with Crippen molar-refractivity contribution in [2.45, 2.75) is 30.3 Å². The number of nitrogens with one attached hydrogen (secondary N) is 1. The van der Waals surface area contributed by atoms with Gasteiger partial charge in [0.2, 0.25) is 10.0 Å². The molecule has 1 fully saturated rings. The third kappa shape index (κ3) is 5.12. The van der Waals surface area contributed by atoms with Crippen molar-refractivity contribution in [3.63, 3.8) is 0 Å². The summed E-state index contributed by atoms with van der Waals surface area (Å²) in [6, 6.07) is 11.4. The largest absolute Gasteiger partial charge is 0.478 e. The van der Waals surface area contributed by atoms with Gasteiger partial charge in [0.25, 0.3) is 0 Å². The summed E-state index contributed by atoms with van der Waals surface area (Å²) in [6.45, 7) is 2.16. The SMILES string of the molecule is O=C(O)c1ccc(CN2CCC(NS(=O)(=O)c3ccc(F)cc3)CC2)cc1. The number of carboxylic acid groups (broad SMARTS) is 1. The van der Waals surface area contributed by atoms with Gasteiger partial charge in [-0.15, -0.1) is 0 Å². The molecule has 0 radical (unpaired) electrons. The van der Waals surface area contributed by atoms with E-state index >= 15 is 0 Å². The van der Waals surface area contributed by atoms with Crippen LogP contribution in [0.1, 0.15) is 28.8 Å². The van der Waals surface area contributed by atoms with Crippen molar-refractivity contribution in [3.05, 3.63) is 65.5 Å². The summed E-state index contributed by atoms with van der Waals surface area (Å²) in [4.78, 5) is 13.2. The van der Waals surface area contributed by atoms with Crippen molar-refractivity contribution in [2.24, 2.45) is 0 Å². The lowest BCUT2D eigenvalue weighted by molar-refractivity contribution is 0.0697.